The minimum Gasteiger partial charge on any atom is -0.438 e. The van der Waals surface area contributed by atoms with Crippen LogP contribution in [0.25, 0.3) is 0 Å². The summed E-state index contributed by atoms with van der Waals surface area (Å²) in [6.45, 7) is 5.11. The molecule has 9 nitrogen and oxygen atoms in total. The highest BCUT2D eigenvalue weighted by Gasteiger charge is 2.26. The van der Waals surface area contributed by atoms with Gasteiger partial charge in [-0.1, -0.05) is 0 Å². The van der Waals surface area contributed by atoms with Crippen molar-refractivity contribution in [3.05, 3.63) is 60.7 Å². The molecule has 0 radical (unpaired) electrons. The first-order chi connectivity index (χ1) is 13.6. The quantitative estimate of drug-likeness (QED) is 0.632. The molecule has 29 heavy (non-hydrogen) atoms. The number of hydrogen-bond acceptors (Lipinski definition) is 7. The van der Waals surface area contributed by atoms with Crippen molar-refractivity contribution in [2.45, 2.75) is 31.4 Å². The summed E-state index contributed by atoms with van der Waals surface area (Å²) < 4.78 is 37.7. The summed E-state index contributed by atoms with van der Waals surface area (Å²) in [7, 11) is -3.87. The maximum absolute atomic E-state index is 12.3. The van der Waals surface area contributed by atoms with Gasteiger partial charge in [0.15, 0.2) is 5.76 Å². The average Bonchev–Trinajstić information content (AvgIpc) is 3.14. The van der Waals surface area contributed by atoms with Crippen molar-refractivity contribution >= 4 is 21.6 Å². The molecule has 3 aromatic heterocycles. The fourth-order valence-corrected chi connectivity index (χ4v) is 3.63. The van der Waals surface area contributed by atoms with E-state index in [1.54, 1.807) is 57.4 Å². The van der Waals surface area contributed by atoms with Gasteiger partial charge in [0.25, 0.3) is 15.9 Å². The van der Waals surface area contributed by atoms with E-state index in [-0.39, 0.29) is 10.9 Å². The summed E-state index contributed by atoms with van der Waals surface area (Å²) in [5.74, 6) is 0.112. The lowest BCUT2D eigenvalue weighted by atomic mass is 10.1. The Kier molecular flexibility index (Phi) is 5.66. The summed E-state index contributed by atoms with van der Waals surface area (Å²) in [4.78, 5) is 20.4. The van der Waals surface area contributed by atoms with Crippen LogP contribution < -0.4 is 14.8 Å². The molecule has 0 bridgehead atoms. The van der Waals surface area contributed by atoms with Crippen LogP contribution in [0, 0.1) is 0 Å². The van der Waals surface area contributed by atoms with Crippen molar-refractivity contribution in [3.63, 3.8) is 0 Å². The fourth-order valence-electron chi connectivity index (χ4n) is 2.28. The first-order valence-corrected chi connectivity index (χ1v) is 10.1. The summed E-state index contributed by atoms with van der Waals surface area (Å²) in [5.41, 5.74) is -0.290. The van der Waals surface area contributed by atoms with Crippen LogP contribution in [-0.2, 0) is 10.0 Å². The first kappa shape index (κ1) is 20.5. The van der Waals surface area contributed by atoms with E-state index in [4.69, 9.17) is 9.15 Å². The zero-order valence-electron chi connectivity index (χ0n) is 16.0. The van der Waals surface area contributed by atoms with Gasteiger partial charge in [-0.3, -0.25) is 9.78 Å². The number of carbonyl (C=O) groups is 1. The van der Waals surface area contributed by atoms with Gasteiger partial charge in [-0.05, 0) is 51.1 Å². The second kappa shape index (κ2) is 8.02. The highest BCUT2D eigenvalue weighted by atomic mass is 32.2. The van der Waals surface area contributed by atoms with E-state index in [0.717, 1.165) is 0 Å². The molecular weight excluding hydrogens is 396 g/mol. The number of ether oxygens (including phenoxy) is 1. The zero-order valence-corrected chi connectivity index (χ0v) is 16.9. The maximum Gasteiger partial charge on any atom is 0.291 e. The third kappa shape index (κ3) is 5.62. The smallest absolute Gasteiger partial charge is 0.291 e. The molecule has 3 aromatic rings. The topological polar surface area (TPSA) is 123 Å². The molecule has 3 heterocycles. The molecule has 0 fully saturated rings. The standard InChI is InChI=1S/C19H20N4O5S/c1-19(2,3)23-29(25,26)17-9-7-15(28-17)18(24)22-13-6-8-16(21-11-13)27-14-5-4-10-20-12-14/h4-12,23H,1-3H3,(H,22,24). The van der Waals surface area contributed by atoms with Crippen LogP contribution in [0.2, 0.25) is 0 Å². The summed E-state index contributed by atoms with van der Waals surface area (Å²) in [6, 6.07) is 9.17. The Bertz CT molecular complexity index is 1090. The molecule has 0 aliphatic carbocycles. The predicted molar refractivity (Wildman–Crippen MR) is 105 cm³/mol. The minimum absolute atomic E-state index is 0.144. The molecule has 0 saturated carbocycles. The molecule has 152 valence electrons. The number of hydrogen-bond donors (Lipinski definition) is 2. The Morgan fingerprint density at radius 3 is 2.52 bits per heavy atom. The number of furan rings is 1. The van der Waals surface area contributed by atoms with Gasteiger partial charge in [-0.15, -0.1) is 0 Å². The molecule has 0 unspecified atom stereocenters. The number of nitrogens with one attached hydrogen (secondary N) is 2. The van der Waals surface area contributed by atoms with E-state index in [0.29, 0.717) is 17.3 Å². The minimum atomic E-state index is -3.87. The SMILES string of the molecule is CC(C)(C)NS(=O)(=O)c1ccc(C(=O)Nc2ccc(Oc3cccnc3)nc2)o1. The van der Waals surface area contributed by atoms with E-state index >= 15 is 0 Å². The van der Waals surface area contributed by atoms with Gasteiger partial charge in [0.2, 0.25) is 11.0 Å². The number of anilines is 1. The van der Waals surface area contributed by atoms with Gasteiger partial charge in [0.05, 0.1) is 18.1 Å². The van der Waals surface area contributed by atoms with Crippen LogP contribution in [0.5, 0.6) is 11.6 Å². The molecule has 10 heteroatoms. The summed E-state index contributed by atoms with van der Waals surface area (Å²) >= 11 is 0. The number of aromatic nitrogens is 2. The van der Waals surface area contributed by atoms with Gasteiger partial charge in [0, 0.05) is 17.8 Å². The van der Waals surface area contributed by atoms with Crippen molar-refractivity contribution in [1.82, 2.24) is 14.7 Å². The molecule has 2 N–H and O–H groups in total. The monoisotopic (exact) mass is 416 g/mol. The molecule has 0 saturated heterocycles. The van der Waals surface area contributed by atoms with Crippen molar-refractivity contribution < 1.29 is 22.4 Å². The van der Waals surface area contributed by atoms with Crippen molar-refractivity contribution in [2.75, 3.05) is 5.32 Å². The normalized spacial score (nSPS) is 11.8. The lowest BCUT2D eigenvalue weighted by Crippen LogP contribution is -2.40. The van der Waals surface area contributed by atoms with Gasteiger partial charge in [0.1, 0.15) is 5.75 Å². The Morgan fingerprint density at radius 2 is 1.90 bits per heavy atom. The van der Waals surface area contributed by atoms with Crippen LogP contribution in [0.3, 0.4) is 0 Å². The Hall–Kier alpha value is -3.24. The second-order valence-electron chi connectivity index (χ2n) is 7.10. The Morgan fingerprint density at radius 1 is 1.10 bits per heavy atom. The number of sulfonamides is 1. The van der Waals surface area contributed by atoms with Gasteiger partial charge in [-0.2, -0.15) is 0 Å². The molecule has 0 atom stereocenters. The average molecular weight is 416 g/mol. The molecule has 1 amide bonds. The van der Waals surface area contributed by atoms with Crippen molar-refractivity contribution in [2.24, 2.45) is 0 Å². The number of carbonyl (C=O) groups excluding carboxylic acids is 1. The predicted octanol–water partition coefficient (Wildman–Crippen LogP) is 3.19. The van der Waals surface area contributed by atoms with Gasteiger partial charge < -0.3 is 14.5 Å². The fraction of sp³-hybridized carbons (Fsp3) is 0.211. The molecule has 0 aromatic carbocycles. The number of rotatable bonds is 6. The van der Waals surface area contributed by atoms with Crippen LogP contribution in [0.1, 0.15) is 31.3 Å². The lowest BCUT2D eigenvalue weighted by Gasteiger charge is -2.18. The largest absolute Gasteiger partial charge is 0.438 e. The molecule has 0 aliphatic heterocycles. The van der Waals surface area contributed by atoms with Crippen LogP contribution in [-0.4, -0.2) is 29.8 Å². The van der Waals surface area contributed by atoms with Crippen LogP contribution in [0.4, 0.5) is 5.69 Å². The van der Waals surface area contributed by atoms with Crippen molar-refractivity contribution in [1.29, 1.82) is 0 Å². The molecular formula is C19H20N4O5S. The van der Waals surface area contributed by atoms with E-state index in [1.807, 2.05) is 0 Å². The summed E-state index contributed by atoms with van der Waals surface area (Å²) in [6.07, 6.45) is 4.59. The number of nitrogens with zero attached hydrogens (tertiary/aromatic N) is 2. The lowest BCUT2D eigenvalue weighted by molar-refractivity contribution is 0.0991. The third-order valence-electron chi connectivity index (χ3n) is 3.36. The van der Waals surface area contributed by atoms with E-state index < -0.39 is 21.5 Å². The molecule has 0 aliphatic rings. The first-order valence-electron chi connectivity index (χ1n) is 8.61. The number of pyridine rings is 2. The van der Waals surface area contributed by atoms with Gasteiger partial charge in [-0.25, -0.2) is 18.1 Å². The highest BCUT2D eigenvalue weighted by Crippen LogP contribution is 2.21. The van der Waals surface area contributed by atoms with Crippen molar-refractivity contribution in [3.8, 4) is 11.6 Å². The third-order valence-corrected chi connectivity index (χ3v) is 4.99. The molecule has 0 spiro atoms. The van der Waals surface area contributed by atoms with Crippen LogP contribution >= 0.6 is 0 Å². The Balaban J connectivity index is 1.66. The van der Waals surface area contributed by atoms with Gasteiger partial charge >= 0.3 is 0 Å². The maximum atomic E-state index is 12.3. The highest BCUT2D eigenvalue weighted by molar-refractivity contribution is 7.89. The van der Waals surface area contributed by atoms with Crippen LogP contribution in [0.15, 0.2) is 64.5 Å². The summed E-state index contributed by atoms with van der Waals surface area (Å²) in [5, 5.41) is 2.25. The Labute approximate surface area is 168 Å². The van der Waals surface area contributed by atoms with E-state index in [1.165, 1.54) is 18.3 Å². The molecule has 3 rings (SSSR count). The zero-order chi connectivity index (χ0) is 21.1. The van der Waals surface area contributed by atoms with E-state index in [2.05, 4.69) is 20.0 Å². The van der Waals surface area contributed by atoms with E-state index in [9.17, 15) is 13.2 Å². The number of amides is 1. The second-order valence-corrected chi connectivity index (χ2v) is 8.72.